The van der Waals surface area contributed by atoms with Gasteiger partial charge in [-0.15, -0.1) is 11.3 Å². The van der Waals surface area contributed by atoms with E-state index in [1.807, 2.05) is 60.7 Å². The van der Waals surface area contributed by atoms with Crippen LogP contribution in [0.1, 0.15) is 69.3 Å². The average Bonchev–Trinajstić information content (AvgIpc) is 3.41. The molecule has 2 aromatic heterocycles. The van der Waals surface area contributed by atoms with Crippen molar-refractivity contribution < 1.29 is 19.1 Å². The van der Waals surface area contributed by atoms with E-state index in [0.717, 1.165) is 52.8 Å². The molecule has 6 nitrogen and oxygen atoms in total. The normalized spacial score (nSPS) is 14.2. The van der Waals surface area contributed by atoms with Gasteiger partial charge < -0.3 is 14.8 Å². The Morgan fingerprint density at radius 3 is 2.60 bits per heavy atom. The lowest BCUT2D eigenvalue weighted by molar-refractivity contribution is 0.0526. The average molecular weight is 591 g/mol. The van der Waals surface area contributed by atoms with E-state index in [4.69, 9.17) is 14.5 Å². The van der Waals surface area contributed by atoms with Crippen LogP contribution in [0.5, 0.6) is 5.75 Å². The van der Waals surface area contributed by atoms with Crippen LogP contribution in [-0.2, 0) is 17.6 Å². The number of amides is 1. The highest BCUT2D eigenvalue weighted by molar-refractivity contribution is 7.17. The molecule has 0 spiro atoms. The fraction of sp³-hybridized carbons (Fsp3) is 0.250. The smallest absolute Gasteiger partial charge is 0.341 e. The molecule has 218 valence electrons. The Labute approximate surface area is 255 Å². The number of fused-ring (bicyclic) bond motifs is 2. The lowest BCUT2D eigenvalue weighted by atomic mass is 9.83. The van der Waals surface area contributed by atoms with Crippen molar-refractivity contribution in [1.82, 2.24) is 4.98 Å². The minimum atomic E-state index is -0.391. The molecular weight excluding hydrogens is 556 g/mol. The number of benzene rings is 3. The predicted octanol–water partition coefficient (Wildman–Crippen LogP) is 8.45. The summed E-state index contributed by atoms with van der Waals surface area (Å²) >= 11 is 1.49. The molecule has 1 amide bonds. The maximum atomic E-state index is 14.0. The molecule has 0 saturated carbocycles. The number of rotatable bonds is 9. The van der Waals surface area contributed by atoms with Crippen LogP contribution in [0.25, 0.3) is 22.2 Å². The van der Waals surface area contributed by atoms with Crippen molar-refractivity contribution in [2.24, 2.45) is 0 Å². The van der Waals surface area contributed by atoms with Gasteiger partial charge in [0.1, 0.15) is 10.8 Å². The number of thiophene rings is 1. The zero-order valence-corrected chi connectivity index (χ0v) is 25.2. The highest BCUT2D eigenvalue weighted by Gasteiger charge is 2.31. The third kappa shape index (κ3) is 6.04. The summed E-state index contributed by atoms with van der Waals surface area (Å²) in [6, 6.07) is 27.7. The molecule has 7 heteroatoms. The quantitative estimate of drug-likeness (QED) is 0.174. The Bertz CT molecular complexity index is 1780. The molecule has 0 fully saturated rings. The molecule has 0 aliphatic heterocycles. The molecule has 2 heterocycles. The first kappa shape index (κ1) is 28.6. The van der Waals surface area contributed by atoms with E-state index < -0.39 is 5.97 Å². The largest absolute Gasteiger partial charge is 0.494 e. The van der Waals surface area contributed by atoms with Crippen LogP contribution in [0.2, 0.25) is 0 Å². The molecule has 1 N–H and O–H groups in total. The number of ether oxygens (including phenoxy) is 2. The van der Waals surface area contributed by atoms with Gasteiger partial charge in [0.15, 0.2) is 0 Å². The number of carbonyl (C=O) groups excluding carboxylic acids is 2. The second kappa shape index (κ2) is 12.8. The zero-order chi connectivity index (χ0) is 29.8. The Balaban J connectivity index is 1.37. The fourth-order valence-corrected chi connectivity index (χ4v) is 7.06. The summed E-state index contributed by atoms with van der Waals surface area (Å²) in [5.74, 6) is 0.451. The number of para-hydroxylation sites is 1. The molecule has 3 aromatic carbocycles. The number of nitrogens with zero attached hydrogens (tertiary/aromatic N) is 1. The fourth-order valence-electron chi connectivity index (χ4n) is 5.75. The van der Waals surface area contributed by atoms with Gasteiger partial charge in [0.05, 0.1) is 35.6 Å². The SMILES string of the molecule is CCCOc1cccc(-c2cc(C(=O)Nc3sc4c(c3C(=O)OCC)CCC(c3ccccc3)C4)c3ccccc3n2)c1. The number of hydrogen-bond acceptors (Lipinski definition) is 6. The third-order valence-corrected chi connectivity index (χ3v) is 8.98. The van der Waals surface area contributed by atoms with Crippen molar-refractivity contribution in [2.45, 2.75) is 45.4 Å². The number of hydrogen-bond donors (Lipinski definition) is 1. The maximum absolute atomic E-state index is 14.0. The molecule has 0 radical (unpaired) electrons. The van der Waals surface area contributed by atoms with Crippen LogP contribution in [-0.4, -0.2) is 30.1 Å². The standard InChI is InChI=1S/C36H34N2O4S/c1-3-19-42-26-14-10-13-25(20-26)31-22-29(27-15-8-9-16-30(27)37-31)34(39)38-35-33(36(40)41-4-2)28-18-17-24(21-32(28)43-35)23-11-6-5-7-12-23/h5-16,20,22,24H,3-4,17-19,21H2,1-2H3,(H,38,39). The molecule has 5 aromatic rings. The Morgan fingerprint density at radius 1 is 0.977 bits per heavy atom. The van der Waals surface area contributed by atoms with Crippen molar-refractivity contribution in [2.75, 3.05) is 18.5 Å². The second-order valence-corrected chi connectivity index (χ2v) is 11.8. The van der Waals surface area contributed by atoms with Crippen LogP contribution in [0.15, 0.2) is 84.9 Å². The molecule has 1 unspecified atom stereocenters. The molecule has 1 aliphatic carbocycles. The number of aromatic nitrogens is 1. The maximum Gasteiger partial charge on any atom is 0.341 e. The van der Waals surface area contributed by atoms with Crippen molar-refractivity contribution in [3.05, 3.63) is 112 Å². The molecule has 1 atom stereocenters. The summed E-state index contributed by atoms with van der Waals surface area (Å²) in [4.78, 5) is 33.3. The minimum absolute atomic E-state index is 0.267. The summed E-state index contributed by atoms with van der Waals surface area (Å²) < 4.78 is 11.3. The highest BCUT2D eigenvalue weighted by Crippen LogP contribution is 2.43. The van der Waals surface area contributed by atoms with Crippen LogP contribution < -0.4 is 10.1 Å². The van der Waals surface area contributed by atoms with Gasteiger partial charge in [-0.05, 0) is 73.9 Å². The van der Waals surface area contributed by atoms with Gasteiger partial charge in [0.2, 0.25) is 0 Å². The summed E-state index contributed by atoms with van der Waals surface area (Å²) in [6.07, 6.45) is 3.43. The molecule has 0 bridgehead atoms. The summed E-state index contributed by atoms with van der Waals surface area (Å²) in [7, 11) is 0. The monoisotopic (exact) mass is 590 g/mol. The topological polar surface area (TPSA) is 77.5 Å². The van der Waals surface area contributed by atoms with Gasteiger partial charge >= 0.3 is 5.97 Å². The van der Waals surface area contributed by atoms with E-state index in [1.165, 1.54) is 16.9 Å². The van der Waals surface area contributed by atoms with Crippen LogP contribution >= 0.6 is 11.3 Å². The van der Waals surface area contributed by atoms with Gasteiger partial charge in [0.25, 0.3) is 5.91 Å². The van der Waals surface area contributed by atoms with Crippen molar-refractivity contribution in [1.29, 1.82) is 0 Å². The zero-order valence-electron chi connectivity index (χ0n) is 24.4. The molecule has 6 rings (SSSR count). The van der Waals surface area contributed by atoms with E-state index in [9.17, 15) is 9.59 Å². The minimum Gasteiger partial charge on any atom is -0.494 e. The predicted molar refractivity (Wildman–Crippen MR) is 172 cm³/mol. The van der Waals surface area contributed by atoms with Crippen molar-refractivity contribution in [3.8, 4) is 17.0 Å². The Kier molecular flexibility index (Phi) is 8.52. The van der Waals surface area contributed by atoms with Crippen LogP contribution in [0.3, 0.4) is 0 Å². The van der Waals surface area contributed by atoms with Gasteiger partial charge in [0, 0.05) is 15.8 Å². The van der Waals surface area contributed by atoms with Gasteiger partial charge in [-0.1, -0.05) is 67.6 Å². The van der Waals surface area contributed by atoms with E-state index in [0.29, 0.717) is 39.9 Å². The van der Waals surface area contributed by atoms with Gasteiger partial charge in [-0.2, -0.15) is 0 Å². The number of anilines is 1. The van der Waals surface area contributed by atoms with Crippen molar-refractivity contribution in [3.63, 3.8) is 0 Å². The number of carbonyl (C=O) groups is 2. The number of esters is 1. The highest BCUT2D eigenvalue weighted by atomic mass is 32.1. The van der Waals surface area contributed by atoms with E-state index in [2.05, 4.69) is 36.5 Å². The summed E-state index contributed by atoms with van der Waals surface area (Å²) in [5.41, 5.74) is 5.52. The van der Waals surface area contributed by atoms with E-state index in [1.54, 1.807) is 6.92 Å². The molecule has 0 saturated heterocycles. The van der Waals surface area contributed by atoms with Crippen LogP contribution in [0.4, 0.5) is 5.00 Å². The molecular formula is C36H34N2O4S. The van der Waals surface area contributed by atoms with Gasteiger partial charge in [-0.3, -0.25) is 4.79 Å². The molecule has 1 aliphatic rings. The van der Waals surface area contributed by atoms with Gasteiger partial charge in [-0.25, -0.2) is 9.78 Å². The number of nitrogens with one attached hydrogen (secondary N) is 1. The Hall–Kier alpha value is -4.49. The number of pyridine rings is 1. The second-order valence-electron chi connectivity index (χ2n) is 10.7. The molecule has 43 heavy (non-hydrogen) atoms. The summed E-state index contributed by atoms with van der Waals surface area (Å²) in [5, 5.41) is 4.40. The first-order chi connectivity index (χ1) is 21.1. The first-order valence-electron chi connectivity index (χ1n) is 14.9. The Morgan fingerprint density at radius 2 is 1.79 bits per heavy atom. The third-order valence-electron chi connectivity index (χ3n) is 7.81. The first-order valence-corrected chi connectivity index (χ1v) is 15.7. The lowest BCUT2D eigenvalue weighted by Gasteiger charge is -2.23. The lowest BCUT2D eigenvalue weighted by Crippen LogP contribution is -2.17. The summed E-state index contributed by atoms with van der Waals surface area (Å²) in [6.45, 7) is 4.76. The van der Waals surface area contributed by atoms with E-state index >= 15 is 0 Å². The van der Waals surface area contributed by atoms with E-state index in [-0.39, 0.29) is 12.5 Å². The van der Waals surface area contributed by atoms with Crippen molar-refractivity contribution >= 4 is 39.1 Å². The van der Waals surface area contributed by atoms with Crippen LogP contribution in [0, 0.1) is 0 Å².